The summed E-state index contributed by atoms with van der Waals surface area (Å²) in [7, 11) is 0. The van der Waals surface area contributed by atoms with Crippen molar-refractivity contribution in [3.8, 4) is 11.3 Å². The van der Waals surface area contributed by atoms with E-state index in [0.717, 1.165) is 50.8 Å². The lowest BCUT2D eigenvalue weighted by Gasteiger charge is -2.23. The predicted octanol–water partition coefficient (Wildman–Crippen LogP) is 8.83. The Morgan fingerprint density at radius 1 is 1.06 bits per heavy atom. The van der Waals surface area contributed by atoms with Crippen LogP contribution in [0.3, 0.4) is 0 Å². The summed E-state index contributed by atoms with van der Waals surface area (Å²) in [6.07, 6.45) is 2.53. The third kappa shape index (κ3) is 3.72. The highest BCUT2D eigenvalue weighted by molar-refractivity contribution is 8.02. The Morgan fingerprint density at radius 2 is 1.85 bits per heavy atom. The normalized spacial score (nSPS) is 12.4. The molecular weight excluding hydrogens is 440 g/mol. The van der Waals surface area contributed by atoms with E-state index in [4.69, 9.17) is 13.8 Å². The topological polar surface area (TPSA) is 52.1 Å². The van der Waals surface area contributed by atoms with E-state index < -0.39 is 0 Å². The molecular formula is C29H30N2O2S. The molecule has 0 aliphatic rings. The van der Waals surface area contributed by atoms with E-state index in [0.29, 0.717) is 11.6 Å². The van der Waals surface area contributed by atoms with Gasteiger partial charge in [0.15, 0.2) is 0 Å². The van der Waals surface area contributed by atoms with E-state index in [1.54, 1.807) is 18.1 Å². The van der Waals surface area contributed by atoms with Gasteiger partial charge in [-0.05, 0) is 59.9 Å². The molecule has 0 atom stereocenters. The van der Waals surface area contributed by atoms with Crippen molar-refractivity contribution in [3.63, 3.8) is 0 Å². The number of thioether (sulfide) groups is 1. The zero-order valence-corrected chi connectivity index (χ0v) is 21.5. The number of fused-ring (bicyclic) bond motifs is 5. The van der Waals surface area contributed by atoms with Crippen LogP contribution in [0, 0.1) is 12.8 Å². The number of rotatable bonds is 5. The molecule has 0 N–H and O–H groups in total. The number of nitrogens with zero attached hydrogens (tertiary/aromatic N) is 2. The summed E-state index contributed by atoms with van der Waals surface area (Å²) in [5.74, 6) is 1.46. The molecule has 5 heteroatoms. The quantitative estimate of drug-likeness (QED) is 0.240. The lowest BCUT2D eigenvalue weighted by Crippen LogP contribution is -2.12. The molecule has 34 heavy (non-hydrogen) atoms. The molecule has 0 fully saturated rings. The summed E-state index contributed by atoms with van der Waals surface area (Å²) in [5.41, 5.74) is 6.69. The summed E-state index contributed by atoms with van der Waals surface area (Å²) in [6.45, 7) is 17.1. The highest BCUT2D eigenvalue weighted by Crippen LogP contribution is 2.42. The van der Waals surface area contributed by atoms with Crippen LogP contribution in [0.1, 0.15) is 51.5 Å². The average molecular weight is 471 g/mol. The molecule has 5 aromatic rings. The first-order chi connectivity index (χ1) is 16.2. The van der Waals surface area contributed by atoms with E-state index in [1.807, 2.05) is 18.4 Å². The molecule has 2 aromatic carbocycles. The molecule has 0 unspecified atom stereocenters. The van der Waals surface area contributed by atoms with Crippen molar-refractivity contribution in [1.82, 2.24) is 9.97 Å². The fourth-order valence-electron chi connectivity index (χ4n) is 4.76. The second kappa shape index (κ2) is 8.31. The Hall–Kier alpha value is -3.05. The summed E-state index contributed by atoms with van der Waals surface area (Å²) in [6, 6.07) is 10.7. The van der Waals surface area contributed by atoms with Crippen molar-refractivity contribution in [2.45, 2.75) is 58.3 Å². The molecule has 0 saturated heterocycles. The van der Waals surface area contributed by atoms with Crippen molar-refractivity contribution < 1.29 is 8.83 Å². The van der Waals surface area contributed by atoms with Gasteiger partial charge in [-0.1, -0.05) is 59.0 Å². The fraction of sp³-hybridized carbons (Fsp3) is 0.310. The molecule has 0 aliphatic heterocycles. The summed E-state index contributed by atoms with van der Waals surface area (Å²) in [4.78, 5) is 10.4. The van der Waals surface area contributed by atoms with E-state index in [9.17, 15) is 0 Å². The van der Waals surface area contributed by atoms with E-state index in [1.165, 1.54) is 16.0 Å². The van der Waals surface area contributed by atoms with E-state index >= 15 is 0 Å². The summed E-state index contributed by atoms with van der Waals surface area (Å²) < 4.78 is 12.5. The number of benzene rings is 2. The number of hydrogen-bond acceptors (Lipinski definition) is 5. The highest BCUT2D eigenvalue weighted by atomic mass is 32.2. The smallest absolute Gasteiger partial charge is 0.231 e. The van der Waals surface area contributed by atoms with Gasteiger partial charge in [0.1, 0.15) is 23.3 Å². The Bertz CT molecular complexity index is 1550. The first-order valence-electron chi connectivity index (χ1n) is 11.7. The van der Waals surface area contributed by atoms with E-state index in [2.05, 4.69) is 70.4 Å². The van der Waals surface area contributed by atoms with Crippen LogP contribution in [-0.4, -0.2) is 9.97 Å². The fourth-order valence-corrected chi connectivity index (χ4v) is 5.57. The zero-order chi connectivity index (χ0) is 24.2. The van der Waals surface area contributed by atoms with Gasteiger partial charge in [-0.25, -0.2) is 9.97 Å². The predicted molar refractivity (Wildman–Crippen MR) is 143 cm³/mol. The maximum atomic E-state index is 6.39. The van der Waals surface area contributed by atoms with Crippen LogP contribution in [0.25, 0.3) is 44.3 Å². The minimum absolute atomic E-state index is 0.0157. The Kier molecular flexibility index (Phi) is 5.56. The Morgan fingerprint density at radius 3 is 2.56 bits per heavy atom. The molecule has 0 bridgehead atoms. The van der Waals surface area contributed by atoms with Crippen LogP contribution >= 0.6 is 11.8 Å². The molecule has 174 valence electrons. The molecule has 0 spiro atoms. The second-order valence-corrected chi connectivity index (χ2v) is 11.3. The molecule has 0 amide bonds. The van der Waals surface area contributed by atoms with Crippen molar-refractivity contribution >= 4 is 44.8 Å². The number of aromatic nitrogens is 2. The highest BCUT2D eigenvalue weighted by Gasteiger charge is 2.23. The first kappa shape index (κ1) is 22.7. The molecule has 4 nitrogen and oxygen atoms in total. The van der Waals surface area contributed by atoms with E-state index in [-0.39, 0.29) is 5.41 Å². The molecule has 3 heterocycles. The third-order valence-electron chi connectivity index (χ3n) is 6.27. The van der Waals surface area contributed by atoms with Gasteiger partial charge < -0.3 is 8.83 Å². The molecule has 0 radical (unpaired) electrons. The van der Waals surface area contributed by atoms with Gasteiger partial charge in [-0.15, -0.1) is 0 Å². The monoisotopic (exact) mass is 470 g/mol. The number of furan rings is 2. The lowest BCUT2D eigenvalue weighted by atomic mass is 9.85. The van der Waals surface area contributed by atoms with Gasteiger partial charge in [0.2, 0.25) is 5.71 Å². The minimum atomic E-state index is -0.0157. The van der Waals surface area contributed by atoms with Crippen molar-refractivity contribution in [2.24, 2.45) is 5.92 Å². The van der Waals surface area contributed by atoms with Crippen molar-refractivity contribution in [1.29, 1.82) is 0 Å². The SMILES string of the molecule is C=CSc1ccc(-c2ncnc3oc4c(ccc5oc(C)c(CC(C)C)c54)c23)cc1C(C)(C)C. The largest absolute Gasteiger partial charge is 0.461 e. The minimum Gasteiger partial charge on any atom is -0.461 e. The third-order valence-corrected chi connectivity index (χ3v) is 7.05. The van der Waals surface area contributed by atoms with Crippen molar-refractivity contribution in [3.05, 3.63) is 65.5 Å². The van der Waals surface area contributed by atoms with Crippen LogP contribution in [0.15, 0.2) is 62.4 Å². The zero-order valence-electron chi connectivity index (χ0n) is 20.7. The first-order valence-corrected chi connectivity index (χ1v) is 12.6. The van der Waals surface area contributed by atoms with Crippen molar-refractivity contribution in [2.75, 3.05) is 0 Å². The molecule has 0 aliphatic carbocycles. The van der Waals surface area contributed by atoms with Gasteiger partial charge in [0.05, 0.1) is 16.5 Å². The number of aryl methyl sites for hydroxylation is 1. The average Bonchev–Trinajstić information content (AvgIpc) is 3.30. The van der Waals surface area contributed by atoms with Gasteiger partial charge in [-0.2, -0.15) is 0 Å². The van der Waals surface area contributed by atoms with Gasteiger partial charge in [0, 0.05) is 21.4 Å². The Labute approximate surface area is 204 Å². The molecule has 5 rings (SSSR count). The standard InChI is InChI=1S/C29H30N2O2S/c1-8-34-23-12-9-18(14-21(23)29(5,6)7)26-25-19-10-11-22-24(20(13-16(2)3)17(4)32-22)27(19)33-28(25)31-15-30-26/h8-12,14-16H,1,13H2,2-7H3. The summed E-state index contributed by atoms with van der Waals surface area (Å²) in [5, 5.41) is 4.90. The van der Waals surface area contributed by atoms with Crippen LogP contribution in [0.5, 0.6) is 0 Å². The van der Waals surface area contributed by atoms with Gasteiger partial charge in [0.25, 0.3) is 0 Å². The van der Waals surface area contributed by atoms with Crippen LogP contribution in [0.4, 0.5) is 0 Å². The second-order valence-electron chi connectivity index (χ2n) is 10.3. The molecule has 0 saturated carbocycles. The molecule has 3 aromatic heterocycles. The van der Waals surface area contributed by atoms with Gasteiger partial charge in [-0.3, -0.25) is 0 Å². The lowest BCUT2D eigenvalue weighted by molar-refractivity contribution is 0.560. The Balaban J connectivity index is 1.80. The van der Waals surface area contributed by atoms with Crippen LogP contribution in [-0.2, 0) is 11.8 Å². The van der Waals surface area contributed by atoms with Gasteiger partial charge >= 0.3 is 0 Å². The summed E-state index contributed by atoms with van der Waals surface area (Å²) >= 11 is 1.65. The van der Waals surface area contributed by atoms with Crippen LogP contribution < -0.4 is 0 Å². The van der Waals surface area contributed by atoms with Crippen LogP contribution in [0.2, 0.25) is 0 Å². The number of hydrogen-bond donors (Lipinski definition) is 0. The maximum absolute atomic E-state index is 6.39. The maximum Gasteiger partial charge on any atom is 0.231 e.